The van der Waals surface area contributed by atoms with E-state index in [2.05, 4.69) is 156 Å². The predicted octanol–water partition coefficient (Wildman–Crippen LogP) is 15.5. The summed E-state index contributed by atoms with van der Waals surface area (Å²) in [6, 6.07) is 67.0. The molecule has 0 N–H and O–H groups in total. The van der Waals surface area contributed by atoms with Crippen LogP contribution >= 0.6 is 0 Å². The van der Waals surface area contributed by atoms with Gasteiger partial charge in [0.25, 0.3) is 0 Å². The summed E-state index contributed by atoms with van der Waals surface area (Å²) < 4.78 is 21.1. The maximum absolute atomic E-state index is 6.24. The molecule has 0 aliphatic heterocycles. The largest absolute Gasteiger partial charge is 0.456 e. The van der Waals surface area contributed by atoms with Crippen LogP contribution < -0.4 is 0 Å². The third-order valence-corrected chi connectivity index (χ3v) is 12.0. The van der Waals surface area contributed by atoms with Gasteiger partial charge in [0.15, 0.2) is 0 Å². The molecule has 0 saturated heterocycles. The first kappa shape index (κ1) is 31.4. The Kier molecular flexibility index (Phi) is 6.41. The molecule has 4 heterocycles. The SMILES string of the molecule is c1ccc2c(c1)oc1ccc(-c3cc(-c4ccc5oc6ccccc6c5c4)cc(-n4c5ccccc5c5cc(-c6ccc7oc8ccccc8c7c6)ccc54)c3)cc12. The fourth-order valence-corrected chi connectivity index (χ4v) is 9.22. The number of rotatable bonds is 4. The first-order chi connectivity index (χ1) is 28.7. The molecule has 58 heavy (non-hydrogen) atoms. The van der Waals surface area contributed by atoms with Crippen LogP contribution in [0.15, 0.2) is 201 Å². The number of fused-ring (bicyclic) bond motifs is 12. The highest BCUT2D eigenvalue weighted by Crippen LogP contribution is 2.41. The summed E-state index contributed by atoms with van der Waals surface area (Å²) in [5.41, 5.74) is 15.6. The molecule has 0 saturated carbocycles. The van der Waals surface area contributed by atoms with Crippen LogP contribution in [-0.2, 0) is 0 Å². The van der Waals surface area contributed by atoms with E-state index < -0.39 is 0 Å². The number of aromatic nitrogens is 1. The van der Waals surface area contributed by atoms with E-state index in [4.69, 9.17) is 13.3 Å². The fraction of sp³-hybridized carbons (Fsp3) is 0. The molecule has 13 aromatic rings. The van der Waals surface area contributed by atoms with Gasteiger partial charge in [0.2, 0.25) is 0 Å². The second-order valence-electron chi connectivity index (χ2n) is 15.3. The van der Waals surface area contributed by atoms with Gasteiger partial charge in [-0.05, 0) is 124 Å². The molecule has 0 amide bonds. The maximum Gasteiger partial charge on any atom is 0.135 e. The Morgan fingerprint density at radius 2 is 0.603 bits per heavy atom. The third-order valence-electron chi connectivity index (χ3n) is 12.0. The summed E-state index contributed by atoms with van der Waals surface area (Å²) in [6.07, 6.45) is 0. The van der Waals surface area contributed by atoms with Gasteiger partial charge in [-0.1, -0.05) is 97.1 Å². The number of hydrogen-bond donors (Lipinski definition) is 0. The van der Waals surface area contributed by atoms with Gasteiger partial charge < -0.3 is 17.8 Å². The average Bonchev–Trinajstić information content (AvgIpc) is 4.04. The van der Waals surface area contributed by atoms with Gasteiger partial charge in [0.05, 0.1) is 11.0 Å². The molecule has 0 atom stereocenters. The van der Waals surface area contributed by atoms with Crippen molar-refractivity contribution in [2.75, 3.05) is 0 Å². The van der Waals surface area contributed by atoms with Gasteiger partial charge in [-0.2, -0.15) is 0 Å². The molecule has 4 aromatic heterocycles. The van der Waals surface area contributed by atoms with Crippen molar-refractivity contribution in [2.24, 2.45) is 0 Å². The minimum atomic E-state index is 0.886. The molecular weight excluding hydrogens is 711 g/mol. The molecule has 270 valence electrons. The molecular formula is C54H31NO3. The Bertz CT molecular complexity index is 3680. The standard InChI is InChI=1S/C54H31NO3/c1-5-13-47-39(9-1)43-28-32(33-18-22-52-44(29-33)40-10-2-6-14-49(40)56-52)17-21-48(43)55(47)38-26-36(34-19-23-53-45(30-34)41-11-3-7-15-50(41)57-53)25-37(27-38)35-20-24-54-46(31-35)42-12-4-8-16-51(42)58-54/h1-31H. The van der Waals surface area contributed by atoms with E-state index in [0.717, 1.165) is 110 Å². The lowest BCUT2D eigenvalue weighted by atomic mass is 9.96. The normalized spacial score (nSPS) is 12.1. The zero-order valence-corrected chi connectivity index (χ0v) is 31.1. The molecule has 4 nitrogen and oxygen atoms in total. The van der Waals surface area contributed by atoms with E-state index in [9.17, 15) is 0 Å². The van der Waals surface area contributed by atoms with E-state index >= 15 is 0 Å². The predicted molar refractivity (Wildman–Crippen MR) is 239 cm³/mol. The van der Waals surface area contributed by atoms with Crippen LogP contribution in [0.5, 0.6) is 0 Å². The molecule has 9 aromatic carbocycles. The van der Waals surface area contributed by atoms with Crippen molar-refractivity contribution in [2.45, 2.75) is 0 Å². The van der Waals surface area contributed by atoms with Crippen LogP contribution in [0.2, 0.25) is 0 Å². The lowest BCUT2D eigenvalue weighted by molar-refractivity contribution is 0.668. The highest BCUT2D eigenvalue weighted by atomic mass is 16.3. The van der Waals surface area contributed by atoms with Crippen LogP contribution in [0.4, 0.5) is 0 Å². The molecule has 0 bridgehead atoms. The van der Waals surface area contributed by atoms with Gasteiger partial charge in [-0.25, -0.2) is 0 Å². The van der Waals surface area contributed by atoms with E-state index in [1.807, 2.05) is 36.4 Å². The summed E-state index contributed by atoms with van der Waals surface area (Å²) in [6.45, 7) is 0. The van der Waals surface area contributed by atoms with Crippen LogP contribution in [0, 0.1) is 0 Å². The Morgan fingerprint density at radius 3 is 1.10 bits per heavy atom. The monoisotopic (exact) mass is 741 g/mol. The number of hydrogen-bond acceptors (Lipinski definition) is 3. The number of furan rings is 3. The fourth-order valence-electron chi connectivity index (χ4n) is 9.22. The van der Waals surface area contributed by atoms with Gasteiger partial charge in [0.1, 0.15) is 33.5 Å². The smallest absolute Gasteiger partial charge is 0.135 e. The van der Waals surface area contributed by atoms with E-state index in [1.165, 1.54) is 16.3 Å². The van der Waals surface area contributed by atoms with Crippen LogP contribution in [0.25, 0.3) is 127 Å². The zero-order valence-electron chi connectivity index (χ0n) is 31.1. The summed E-state index contributed by atoms with van der Waals surface area (Å²) in [7, 11) is 0. The van der Waals surface area contributed by atoms with Gasteiger partial charge >= 0.3 is 0 Å². The lowest BCUT2D eigenvalue weighted by Gasteiger charge is -2.14. The molecule has 0 fully saturated rings. The molecule has 0 radical (unpaired) electrons. The Hall–Kier alpha value is -7.82. The van der Waals surface area contributed by atoms with Gasteiger partial charge in [-0.15, -0.1) is 0 Å². The zero-order chi connectivity index (χ0) is 37.9. The quantitative estimate of drug-likeness (QED) is 0.180. The maximum atomic E-state index is 6.24. The topological polar surface area (TPSA) is 44.4 Å². The van der Waals surface area contributed by atoms with Gasteiger partial charge in [-0.3, -0.25) is 0 Å². The van der Waals surface area contributed by atoms with Gasteiger partial charge in [0, 0.05) is 48.8 Å². The Labute approximate surface area is 331 Å². The second kappa shape index (κ2) is 11.8. The Morgan fingerprint density at radius 1 is 0.241 bits per heavy atom. The highest BCUT2D eigenvalue weighted by Gasteiger charge is 2.18. The summed E-state index contributed by atoms with van der Waals surface area (Å²) >= 11 is 0. The third kappa shape index (κ3) is 4.63. The van der Waals surface area contributed by atoms with Crippen molar-refractivity contribution < 1.29 is 13.3 Å². The first-order valence-electron chi connectivity index (χ1n) is 19.6. The lowest BCUT2D eigenvalue weighted by Crippen LogP contribution is -1.96. The summed E-state index contributed by atoms with van der Waals surface area (Å²) in [5, 5.41) is 9.12. The van der Waals surface area contributed by atoms with E-state index in [1.54, 1.807) is 0 Å². The first-order valence-corrected chi connectivity index (χ1v) is 19.6. The van der Waals surface area contributed by atoms with Crippen molar-refractivity contribution in [3.8, 4) is 39.1 Å². The molecule has 0 aliphatic carbocycles. The number of benzene rings is 9. The van der Waals surface area contributed by atoms with E-state index in [0.29, 0.717) is 0 Å². The summed E-state index contributed by atoms with van der Waals surface area (Å²) in [5.74, 6) is 0. The van der Waals surface area contributed by atoms with Crippen molar-refractivity contribution in [1.82, 2.24) is 4.57 Å². The van der Waals surface area contributed by atoms with Crippen LogP contribution in [-0.4, -0.2) is 4.57 Å². The van der Waals surface area contributed by atoms with Crippen molar-refractivity contribution in [1.29, 1.82) is 0 Å². The average molecular weight is 742 g/mol. The molecule has 13 rings (SSSR count). The number of para-hydroxylation sites is 4. The molecule has 0 unspecified atom stereocenters. The molecule has 0 spiro atoms. The molecule has 0 aliphatic rings. The Balaban J connectivity index is 1.04. The minimum absolute atomic E-state index is 0.886. The van der Waals surface area contributed by atoms with Crippen molar-refractivity contribution >= 4 is 87.6 Å². The van der Waals surface area contributed by atoms with Crippen LogP contribution in [0.3, 0.4) is 0 Å². The van der Waals surface area contributed by atoms with Crippen molar-refractivity contribution in [3.63, 3.8) is 0 Å². The van der Waals surface area contributed by atoms with Crippen molar-refractivity contribution in [3.05, 3.63) is 188 Å². The summed E-state index contributed by atoms with van der Waals surface area (Å²) in [4.78, 5) is 0. The van der Waals surface area contributed by atoms with Crippen LogP contribution in [0.1, 0.15) is 0 Å². The van der Waals surface area contributed by atoms with E-state index in [-0.39, 0.29) is 0 Å². The molecule has 4 heteroatoms. The number of nitrogens with zero attached hydrogens (tertiary/aromatic N) is 1. The second-order valence-corrected chi connectivity index (χ2v) is 15.3. The minimum Gasteiger partial charge on any atom is -0.456 e. The highest BCUT2D eigenvalue weighted by molar-refractivity contribution is 6.12.